The highest BCUT2D eigenvalue weighted by Gasteiger charge is 2.07. The summed E-state index contributed by atoms with van der Waals surface area (Å²) in [6.07, 6.45) is 0.0153. The minimum atomic E-state index is -0.761. The third-order valence-corrected chi connectivity index (χ3v) is 2.88. The van der Waals surface area contributed by atoms with E-state index in [2.05, 4.69) is 15.9 Å². The fourth-order valence-electron chi connectivity index (χ4n) is 0.947. The average molecular weight is 264 g/mol. The molecule has 1 atom stereocenters. The zero-order valence-electron chi connectivity index (χ0n) is 6.71. The van der Waals surface area contributed by atoms with E-state index in [-0.39, 0.29) is 6.42 Å². The van der Waals surface area contributed by atoms with Crippen LogP contribution in [0.1, 0.15) is 18.1 Å². The maximum absolute atomic E-state index is 10.1. The Morgan fingerprint density at radius 3 is 2.85 bits per heavy atom. The van der Waals surface area contributed by atoms with Crippen LogP contribution in [0, 0.1) is 0 Å². The van der Waals surface area contributed by atoms with Gasteiger partial charge in [0.1, 0.15) is 6.29 Å². The number of aldehydes is 1. The standard InChI is InChI=1S/C9H8BrClO2/c10-7-2-1-6(5-8(7)11)9(13)3-4-12/h1-2,4-5,9,13H,3H2. The first-order valence-electron chi connectivity index (χ1n) is 3.72. The molecular weight excluding hydrogens is 255 g/mol. The monoisotopic (exact) mass is 262 g/mol. The van der Waals surface area contributed by atoms with Gasteiger partial charge in [-0.25, -0.2) is 0 Å². The number of hydrogen-bond donors (Lipinski definition) is 1. The van der Waals surface area contributed by atoms with Gasteiger partial charge in [-0.05, 0) is 33.6 Å². The Morgan fingerprint density at radius 2 is 2.31 bits per heavy atom. The van der Waals surface area contributed by atoms with Crippen molar-refractivity contribution in [2.24, 2.45) is 0 Å². The molecule has 0 fully saturated rings. The fourth-order valence-corrected chi connectivity index (χ4v) is 1.38. The van der Waals surface area contributed by atoms with Crippen molar-refractivity contribution in [2.45, 2.75) is 12.5 Å². The summed E-state index contributed by atoms with van der Waals surface area (Å²) in [5.74, 6) is 0. The topological polar surface area (TPSA) is 37.3 Å². The zero-order chi connectivity index (χ0) is 9.84. The molecule has 0 radical (unpaired) electrons. The Labute approximate surface area is 89.7 Å². The van der Waals surface area contributed by atoms with Crippen LogP contribution in [-0.2, 0) is 4.79 Å². The van der Waals surface area contributed by atoms with E-state index in [1.807, 2.05) is 0 Å². The van der Waals surface area contributed by atoms with Crippen LogP contribution in [0.15, 0.2) is 22.7 Å². The molecule has 0 aliphatic carbocycles. The average Bonchev–Trinajstić information content (AvgIpc) is 2.10. The molecule has 1 rings (SSSR count). The highest BCUT2D eigenvalue weighted by atomic mass is 79.9. The predicted octanol–water partition coefficient (Wildman–Crippen LogP) is 2.72. The van der Waals surface area contributed by atoms with Gasteiger partial charge in [0.15, 0.2) is 0 Å². The molecule has 1 N–H and O–H groups in total. The van der Waals surface area contributed by atoms with Gasteiger partial charge < -0.3 is 9.90 Å². The van der Waals surface area contributed by atoms with E-state index < -0.39 is 6.10 Å². The van der Waals surface area contributed by atoms with E-state index in [0.29, 0.717) is 16.9 Å². The smallest absolute Gasteiger partial charge is 0.122 e. The number of aliphatic hydroxyl groups is 1. The molecule has 0 amide bonds. The summed E-state index contributed by atoms with van der Waals surface area (Å²) < 4.78 is 0.774. The minimum absolute atomic E-state index is 0.0952. The SMILES string of the molecule is O=CCC(O)c1ccc(Br)c(Cl)c1. The number of benzene rings is 1. The molecule has 0 heterocycles. The van der Waals surface area contributed by atoms with E-state index in [9.17, 15) is 9.90 Å². The Bertz CT molecular complexity index is 314. The quantitative estimate of drug-likeness (QED) is 0.852. The molecule has 0 aliphatic heterocycles. The summed E-state index contributed by atoms with van der Waals surface area (Å²) in [4.78, 5) is 10.1. The van der Waals surface area contributed by atoms with Crippen LogP contribution in [0.2, 0.25) is 5.02 Å². The van der Waals surface area contributed by atoms with Crippen molar-refractivity contribution in [3.63, 3.8) is 0 Å². The minimum Gasteiger partial charge on any atom is -0.388 e. The molecule has 13 heavy (non-hydrogen) atoms. The maximum Gasteiger partial charge on any atom is 0.122 e. The molecule has 70 valence electrons. The van der Waals surface area contributed by atoms with Crippen molar-refractivity contribution in [3.8, 4) is 0 Å². The molecule has 0 aromatic heterocycles. The van der Waals surface area contributed by atoms with Gasteiger partial charge >= 0.3 is 0 Å². The number of carbonyl (C=O) groups is 1. The third-order valence-electron chi connectivity index (χ3n) is 1.65. The molecule has 4 heteroatoms. The van der Waals surface area contributed by atoms with Crippen LogP contribution in [0.4, 0.5) is 0 Å². The first-order chi connectivity index (χ1) is 6.15. The van der Waals surface area contributed by atoms with Gasteiger partial charge in [-0.2, -0.15) is 0 Å². The lowest BCUT2D eigenvalue weighted by Gasteiger charge is -2.07. The first-order valence-corrected chi connectivity index (χ1v) is 4.89. The van der Waals surface area contributed by atoms with Gasteiger partial charge in [-0.1, -0.05) is 17.7 Å². The van der Waals surface area contributed by atoms with Crippen LogP contribution in [0.3, 0.4) is 0 Å². The molecule has 0 aliphatic rings. The summed E-state index contributed by atoms with van der Waals surface area (Å²) >= 11 is 9.05. The maximum atomic E-state index is 10.1. The van der Waals surface area contributed by atoms with Crippen LogP contribution in [0.5, 0.6) is 0 Å². The van der Waals surface area contributed by atoms with Gasteiger partial charge in [-0.3, -0.25) is 0 Å². The number of carbonyl (C=O) groups excluding carboxylic acids is 1. The van der Waals surface area contributed by atoms with Gasteiger partial charge in [0.25, 0.3) is 0 Å². The Kier molecular flexibility index (Phi) is 3.90. The van der Waals surface area contributed by atoms with Crippen molar-refractivity contribution in [2.75, 3.05) is 0 Å². The summed E-state index contributed by atoms with van der Waals surface area (Å²) in [7, 11) is 0. The zero-order valence-corrected chi connectivity index (χ0v) is 9.05. The summed E-state index contributed by atoms with van der Waals surface area (Å²) in [5, 5.41) is 9.96. The van der Waals surface area contributed by atoms with E-state index >= 15 is 0 Å². The summed E-state index contributed by atoms with van der Waals surface area (Å²) in [5.41, 5.74) is 0.653. The number of hydrogen-bond acceptors (Lipinski definition) is 2. The Morgan fingerprint density at radius 1 is 1.62 bits per heavy atom. The molecule has 0 bridgehead atoms. The molecule has 0 saturated heterocycles. The van der Waals surface area contributed by atoms with Crippen LogP contribution in [0.25, 0.3) is 0 Å². The van der Waals surface area contributed by atoms with E-state index in [0.717, 1.165) is 4.47 Å². The lowest BCUT2D eigenvalue weighted by atomic mass is 10.1. The van der Waals surface area contributed by atoms with E-state index in [1.165, 1.54) is 0 Å². The van der Waals surface area contributed by atoms with Gasteiger partial charge in [0.05, 0.1) is 11.1 Å². The number of aliphatic hydroxyl groups excluding tert-OH is 1. The second-order valence-electron chi connectivity index (χ2n) is 2.59. The van der Waals surface area contributed by atoms with Gasteiger partial charge in [0, 0.05) is 10.9 Å². The van der Waals surface area contributed by atoms with Crippen molar-refractivity contribution >= 4 is 33.8 Å². The summed E-state index contributed by atoms with van der Waals surface area (Å²) in [6, 6.07) is 5.11. The molecule has 1 aromatic rings. The lowest BCUT2D eigenvalue weighted by Crippen LogP contribution is -1.97. The highest BCUT2D eigenvalue weighted by Crippen LogP contribution is 2.26. The Balaban J connectivity index is 2.89. The number of rotatable bonds is 3. The second kappa shape index (κ2) is 4.74. The van der Waals surface area contributed by atoms with Crippen LogP contribution >= 0.6 is 27.5 Å². The van der Waals surface area contributed by atoms with Crippen molar-refractivity contribution in [1.29, 1.82) is 0 Å². The second-order valence-corrected chi connectivity index (χ2v) is 3.85. The van der Waals surface area contributed by atoms with Crippen molar-refractivity contribution < 1.29 is 9.90 Å². The molecule has 1 unspecified atom stereocenters. The molecule has 0 spiro atoms. The molecule has 1 aromatic carbocycles. The first kappa shape index (κ1) is 10.7. The summed E-state index contributed by atoms with van der Waals surface area (Å²) in [6.45, 7) is 0. The van der Waals surface area contributed by atoms with E-state index in [4.69, 9.17) is 11.6 Å². The van der Waals surface area contributed by atoms with Crippen LogP contribution in [-0.4, -0.2) is 11.4 Å². The van der Waals surface area contributed by atoms with Crippen molar-refractivity contribution in [3.05, 3.63) is 33.3 Å². The normalized spacial score (nSPS) is 12.5. The highest BCUT2D eigenvalue weighted by molar-refractivity contribution is 9.10. The third kappa shape index (κ3) is 2.79. The largest absolute Gasteiger partial charge is 0.388 e. The fraction of sp³-hybridized carbons (Fsp3) is 0.222. The van der Waals surface area contributed by atoms with Gasteiger partial charge in [-0.15, -0.1) is 0 Å². The predicted molar refractivity (Wildman–Crippen MR) is 54.8 cm³/mol. The van der Waals surface area contributed by atoms with Gasteiger partial charge in [0.2, 0.25) is 0 Å². The number of halogens is 2. The Hall–Kier alpha value is -0.380. The lowest BCUT2D eigenvalue weighted by molar-refractivity contribution is -0.109. The van der Waals surface area contributed by atoms with E-state index in [1.54, 1.807) is 18.2 Å². The van der Waals surface area contributed by atoms with Crippen LogP contribution < -0.4 is 0 Å². The molecule has 0 saturated carbocycles. The molecule has 2 nitrogen and oxygen atoms in total. The van der Waals surface area contributed by atoms with Crippen molar-refractivity contribution in [1.82, 2.24) is 0 Å². The molecular formula is C9H8BrClO2.